The molecular formula is C22H25NO2. The monoisotopic (exact) mass is 335 g/mol. The lowest BCUT2D eigenvalue weighted by atomic mass is 10.0. The third-order valence-electron chi connectivity index (χ3n) is 4.63. The first-order valence-corrected chi connectivity index (χ1v) is 8.98. The Morgan fingerprint density at radius 2 is 1.88 bits per heavy atom. The summed E-state index contributed by atoms with van der Waals surface area (Å²) in [6.07, 6.45) is 7.00. The van der Waals surface area contributed by atoms with Gasteiger partial charge in [0, 0.05) is 18.7 Å². The minimum absolute atomic E-state index is 0.108. The quantitative estimate of drug-likeness (QED) is 0.743. The van der Waals surface area contributed by atoms with Crippen LogP contribution in [0.2, 0.25) is 0 Å². The molecule has 3 nitrogen and oxygen atoms in total. The van der Waals surface area contributed by atoms with Crippen LogP contribution in [0.25, 0.3) is 6.08 Å². The summed E-state index contributed by atoms with van der Waals surface area (Å²) in [4.78, 5) is 14.3. The molecule has 1 amide bonds. The lowest BCUT2D eigenvalue weighted by Crippen LogP contribution is -2.41. The van der Waals surface area contributed by atoms with Crippen LogP contribution in [-0.4, -0.2) is 23.4 Å². The lowest BCUT2D eigenvalue weighted by molar-refractivity contribution is -0.129. The number of amides is 1. The standard InChI is InChI=1S/C22H25NO2/c1-18-7-5-6-16-23(18)22(24)15-12-19-10-13-21(14-11-19)25-17-20-8-3-2-4-9-20/h2-4,8-15,18H,5-7,16-17H2,1H3/b15-12+. The van der Waals surface area contributed by atoms with Crippen LogP contribution in [0.5, 0.6) is 5.75 Å². The van der Waals surface area contributed by atoms with Gasteiger partial charge in [-0.3, -0.25) is 4.79 Å². The van der Waals surface area contributed by atoms with Crippen molar-refractivity contribution in [2.24, 2.45) is 0 Å². The highest BCUT2D eigenvalue weighted by Gasteiger charge is 2.21. The van der Waals surface area contributed by atoms with Crippen LogP contribution in [0, 0.1) is 0 Å². The van der Waals surface area contributed by atoms with E-state index >= 15 is 0 Å². The number of benzene rings is 2. The van der Waals surface area contributed by atoms with Crippen molar-refractivity contribution in [1.82, 2.24) is 4.90 Å². The number of nitrogens with zero attached hydrogens (tertiary/aromatic N) is 1. The number of likely N-dealkylation sites (tertiary alicyclic amines) is 1. The molecule has 25 heavy (non-hydrogen) atoms. The molecule has 0 radical (unpaired) electrons. The molecule has 1 aliphatic heterocycles. The second-order valence-corrected chi connectivity index (χ2v) is 6.55. The zero-order chi connectivity index (χ0) is 17.5. The number of carbonyl (C=O) groups excluding carboxylic acids is 1. The summed E-state index contributed by atoms with van der Waals surface area (Å²) in [6, 6.07) is 18.3. The Morgan fingerprint density at radius 1 is 1.12 bits per heavy atom. The minimum atomic E-state index is 0.108. The number of ether oxygens (including phenoxy) is 1. The Bertz CT molecular complexity index is 707. The number of hydrogen-bond donors (Lipinski definition) is 0. The van der Waals surface area contributed by atoms with E-state index in [0.29, 0.717) is 12.6 Å². The highest BCUT2D eigenvalue weighted by atomic mass is 16.5. The summed E-state index contributed by atoms with van der Waals surface area (Å²) in [6.45, 7) is 3.56. The largest absolute Gasteiger partial charge is 0.489 e. The van der Waals surface area contributed by atoms with Gasteiger partial charge in [-0.15, -0.1) is 0 Å². The molecule has 0 spiro atoms. The van der Waals surface area contributed by atoms with Crippen molar-refractivity contribution in [2.75, 3.05) is 6.54 Å². The molecule has 1 fully saturated rings. The topological polar surface area (TPSA) is 29.5 Å². The highest BCUT2D eigenvalue weighted by Crippen LogP contribution is 2.18. The molecule has 2 aromatic rings. The molecule has 0 saturated carbocycles. The number of piperidine rings is 1. The van der Waals surface area contributed by atoms with Crippen molar-refractivity contribution < 1.29 is 9.53 Å². The van der Waals surface area contributed by atoms with Gasteiger partial charge in [0.25, 0.3) is 0 Å². The smallest absolute Gasteiger partial charge is 0.246 e. The summed E-state index contributed by atoms with van der Waals surface area (Å²) in [7, 11) is 0. The molecule has 0 aromatic heterocycles. The Balaban J connectivity index is 1.54. The van der Waals surface area contributed by atoms with Crippen LogP contribution in [0.3, 0.4) is 0 Å². The number of carbonyl (C=O) groups is 1. The van der Waals surface area contributed by atoms with Gasteiger partial charge in [-0.2, -0.15) is 0 Å². The van der Waals surface area contributed by atoms with Crippen molar-refractivity contribution in [2.45, 2.75) is 38.8 Å². The van der Waals surface area contributed by atoms with Gasteiger partial charge in [-0.1, -0.05) is 42.5 Å². The predicted octanol–water partition coefficient (Wildman–Crippen LogP) is 4.68. The second-order valence-electron chi connectivity index (χ2n) is 6.55. The van der Waals surface area contributed by atoms with Crippen LogP contribution in [0.1, 0.15) is 37.3 Å². The van der Waals surface area contributed by atoms with Gasteiger partial charge < -0.3 is 9.64 Å². The summed E-state index contributed by atoms with van der Waals surface area (Å²) >= 11 is 0. The molecule has 1 saturated heterocycles. The van der Waals surface area contributed by atoms with Gasteiger partial charge in [-0.25, -0.2) is 0 Å². The maximum absolute atomic E-state index is 12.3. The zero-order valence-electron chi connectivity index (χ0n) is 14.7. The Hall–Kier alpha value is -2.55. The van der Waals surface area contributed by atoms with Crippen molar-refractivity contribution in [3.05, 3.63) is 71.8 Å². The Kier molecular flexibility index (Phi) is 5.89. The van der Waals surface area contributed by atoms with Gasteiger partial charge in [0.05, 0.1) is 0 Å². The van der Waals surface area contributed by atoms with Crippen molar-refractivity contribution >= 4 is 12.0 Å². The van der Waals surface area contributed by atoms with Crippen LogP contribution in [-0.2, 0) is 11.4 Å². The molecule has 130 valence electrons. The van der Waals surface area contributed by atoms with Crippen molar-refractivity contribution in [3.63, 3.8) is 0 Å². The summed E-state index contributed by atoms with van der Waals surface area (Å²) in [5, 5.41) is 0. The van der Waals surface area contributed by atoms with E-state index in [1.54, 1.807) is 6.08 Å². The highest BCUT2D eigenvalue weighted by molar-refractivity contribution is 5.92. The molecule has 0 N–H and O–H groups in total. The van der Waals surface area contributed by atoms with E-state index in [9.17, 15) is 4.79 Å². The molecule has 3 heteroatoms. The van der Waals surface area contributed by atoms with E-state index in [4.69, 9.17) is 4.74 Å². The Labute approximate surface area is 149 Å². The SMILES string of the molecule is CC1CCCCN1C(=O)/C=C/c1ccc(OCc2ccccc2)cc1. The normalized spacial score (nSPS) is 17.6. The van der Waals surface area contributed by atoms with Crippen LogP contribution in [0.15, 0.2) is 60.7 Å². The summed E-state index contributed by atoms with van der Waals surface area (Å²) in [5.74, 6) is 0.939. The van der Waals surface area contributed by atoms with E-state index in [1.807, 2.05) is 65.6 Å². The van der Waals surface area contributed by atoms with Gasteiger partial charge >= 0.3 is 0 Å². The second kappa shape index (κ2) is 8.52. The van der Waals surface area contributed by atoms with E-state index < -0.39 is 0 Å². The van der Waals surface area contributed by atoms with E-state index in [2.05, 4.69) is 6.92 Å². The molecule has 0 aliphatic carbocycles. The van der Waals surface area contributed by atoms with Gasteiger partial charge in [0.15, 0.2) is 0 Å². The molecule has 0 bridgehead atoms. The molecular weight excluding hydrogens is 310 g/mol. The lowest BCUT2D eigenvalue weighted by Gasteiger charge is -2.32. The number of rotatable bonds is 5. The fraction of sp³-hybridized carbons (Fsp3) is 0.318. The predicted molar refractivity (Wildman–Crippen MR) is 101 cm³/mol. The first kappa shape index (κ1) is 17.3. The molecule has 1 atom stereocenters. The zero-order valence-corrected chi connectivity index (χ0v) is 14.7. The fourth-order valence-electron chi connectivity index (χ4n) is 3.10. The molecule has 3 rings (SSSR count). The third-order valence-corrected chi connectivity index (χ3v) is 4.63. The number of hydrogen-bond acceptors (Lipinski definition) is 2. The van der Waals surface area contributed by atoms with Crippen LogP contribution < -0.4 is 4.74 Å². The minimum Gasteiger partial charge on any atom is -0.489 e. The molecule has 1 heterocycles. The maximum Gasteiger partial charge on any atom is 0.246 e. The summed E-state index contributed by atoms with van der Waals surface area (Å²) < 4.78 is 5.78. The third kappa shape index (κ3) is 4.96. The van der Waals surface area contributed by atoms with Gasteiger partial charge in [-0.05, 0) is 55.5 Å². The Morgan fingerprint density at radius 3 is 2.60 bits per heavy atom. The molecule has 1 unspecified atom stereocenters. The van der Waals surface area contributed by atoms with Crippen LogP contribution >= 0.6 is 0 Å². The molecule has 2 aromatic carbocycles. The average Bonchev–Trinajstić information content (AvgIpc) is 2.66. The summed E-state index contributed by atoms with van der Waals surface area (Å²) in [5.41, 5.74) is 2.15. The first-order valence-electron chi connectivity index (χ1n) is 8.98. The maximum atomic E-state index is 12.3. The van der Waals surface area contributed by atoms with Gasteiger partial charge in [0.2, 0.25) is 5.91 Å². The van der Waals surface area contributed by atoms with Crippen LogP contribution in [0.4, 0.5) is 0 Å². The van der Waals surface area contributed by atoms with E-state index in [-0.39, 0.29) is 5.91 Å². The first-order chi connectivity index (χ1) is 12.2. The van der Waals surface area contributed by atoms with E-state index in [0.717, 1.165) is 36.3 Å². The fourth-order valence-corrected chi connectivity index (χ4v) is 3.10. The molecule has 1 aliphatic rings. The van der Waals surface area contributed by atoms with E-state index in [1.165, 1.54) is 6.42 Å². The van der Waals surface area contributed by atoms with Gasteiger partial charge in [0.1, 0.15) is 12.4 Å². The average molecular weight is 335 g/mol. The van der Waals surface area contributed by atoms with Crippen molar-refractivity contribution in [1.29, 1.82) is 0 Å². The van der Waals surface area contributed by atoms with Crippen molar-refractivity contribution in [3.8, 4) is 5.75 Å².